The lowest BCUT2D eigenvalue weighted by atomic mass is 10.5. The molecule has 0 spiro atoms. The first kappa shape index (κ1) is 9.26. The number of aromatic nitrogens is 2. The molecule has 0 aromatic carbocycles. The van der Waals surface area contributed by atoms with Gasteiger partial charge in [0.15, 0.2) is 0 Å². The highest BCUT2D eigenvalue weighted by molar-refractivity contribution is 14.1. The maximum absolute atomic E-state index is 11.2. The van der Waals surface area contributed by atoms with Crippen LogP contribution in [0.15, 0.2) is 17.1 Å². The molecule has 4 heteroatoms. The van der Waals surface area contributed by atoms with Crippen molar-refractivity contribution in [3.63, 3.8) is 0 Å². The second kappa shape index (κ2) is 4.26. The number of halogens is 1. The molecule has 0 aliphatic heterocycles. The van der Waals surface area contributed by atoms with Gasteiger partial charge in [0.05, 0.1) is 6.20 Å². The van der Waals surface area contributed by atoms with Gasteiger partial charge in [0.2, 0.25) is 0 Å². The summed E-state index contributed by atoms with van der Waals surface area (Å²) in [4.78, 5) is 11.2. The monoisotopic (exact) mass is 274 g/mol. The van der Waals surface area contributed by atoms with Gasteiger partial charge >= 0.3 is 0 Å². The second-order valence-corrected chi connectivity index (χ2v) is 3.34. The van der Waals surface area contributed by atoms with Crippen LogP contribution in [0, 0.1) is 15.4 Å². The normalized spacial score (nSPS) is 8.83. The summed E-state index contributed by atoms with van der Waals surface area (Å²) in [6.07, 6.45) is 1.64. The average molecular weight is 274 g/mol. The molecule has 0 saturated heterocycles. The van der Waals surface area contributed by atoms with E-state index in [4.69, 9.17) is 0 Å². The van der Waals surface area contributed by atoms with Crippen molar-refractivity contribution in [2.24, 2.45) is 0 Å². The van der Waals surface area contributed by atoms with E-state index in [0.717, 1.165) is 3.57 Å². The topological polar surface area (TPSA) is 34.9 Å². The first-order valence-corrected chi connectivity index (χ1v) is 4.44. The third-order valence-electron chi connectivity index (χ3n) is 1.24. The van der Waals surface area contributed by atoms with Crippen LogP contribution in [0.4, 0.5) is 0 Å². The summed E-state index contributed by atoms with van der Waals surface area (Å²) in [5.74, 6) is 5.48. The summed E-state index contributed by atoms with van der Waals surface area (Å²) in [5, 5.41) is 3.91. The van der Waals surface area contributed by atoms with Crippen LogP contribution in [0.5, 0.6) is 0 Å². The summed E-state index contributed by atoms with van der Waals surface area (Å²) in [5.41, 5.74) is -0.107. The Kier molecular flexibility index (Phi) is 3.29. The maximum Gasteiger partial charge on any atom is 0.268 e. The standard InChI is InChI=1S/C8H7IN2O/c1-2-3-4-11-8(12)5-7(9)6-10-11/h5-6H,4H2,1H3. The smallest absolute Gasteiger partial charge is 0.268 e. The van der Waals surface area contributed by atoms with E-state index in [1.54, 1.807) is 13.1 Å². The van der Waals surface area contributed by atoms with Crippen molar-refractivity contribution in [1.29, 1.82) is 0 Å². The van der Waals surface area contributed by atoms with Gasteiger partial charge in [-0.05, 0) is 29.5 Å². The van der Waals surface area contributed by atoms with Crippen molar-refractivity contribution >= 4 is 22.6 Å². The Bertz CT molecular complexity index is 386. The Hall–Kier alpha value is -0.830. The lowest BCUT2D eigenvalue weighted by Gasteiger charge is -1.96. The van der Waals surface area contributed by atoms with E-state index in [0.29, 0.717) is 6.54 Å². The number of hydrogen-bond acceptors (Lipinski definition) is 2. The predicted molar refractivity (Wildman–Crippen MR) is 54.7 cm³/mol. The van der Waals surface area contributed by atoms with Crippen LogP contribution in [0.25, 0.3) is 0 Å². The molecular weight excluding hydrogens is 267 g/mol. The van der Waals surface area contributed by atoms with Crippen molar-refractivity contribution in [2.45, 2.75) is 13.5 Å². The SMILES string of the molecule is CC#CCn1ncc(I)cc1=O. The minimum absolute atomic E-state index is 0.107. The molecule has 0 bridgehead atoms. The highest BCUT2D eigenvalue weighted by Crippen LogP contribution is 1.95. The van der Waals surface area contributed by atoms with Gasteiger partial charge in [-0.15, -0.1) is 5.92 Å². The molecule has 1 aromatic rings. The van der Waals surface area contributed by atoms with Crippen LogP contribution in [0.1, 0.15) is 6.92 Å². The van der Waals surface area contributed by atoms with Crippen molar-refractivity contribution in [2.75, 3.05) is 0 Å². The molecule has 1 rings (SSSR count). The first-order chi connectivity index (χ1) is 5.74. The lowest BCUT2D eigenvalue weighted by molar-refractivity contribution is 0.660. The Labute approximate surface area is 83.9 Å². The largest absolute Gasteiger partial charge is 0.268 e. The summed E-state index contributed by atoms with van der Waals surface area (Å²) >= 11 is 2.05. The average Bonchev–Trinajstić information content (AvgIpc) is 2.03. The number of rotatable bonds is 1. The third-order valence-corrected chi connectivity index (χ3v) is 1.83. The first-order valence-electron chi connectivity index (χ1n) is 3.36. The van der Waals surface area contributed by atoms with Gasteiger partial charge in [-0.1, -0.05) is 5.92 Å². The highest BCUT2D eigenvalue weighted by Gasteiger charge is 1.94. The molecule has 0 aliphatic rings. The quantitative estimate of drug-likeness (QED) is 0.562. The zero-order valence-corrected chi connectivity index (χ0v) is 8.70. The fourth-order valence-electron chi connectivity index (χ4n) is 0.684. The second-order valence-electron chi connectivity index (χ2n) is 2.10. The molecule has 1 aromatic heterocycles. The summed E-state index contributed by atoms with van der Waals surface area (Å²) in [7, 11) is 0. The van der Waals surface area contributed by atoms with Gasteiger partial charge in [0.1, 0.15) is 6.54 Å². The molecule has 0 amide bonds. The van der Waals surface area contributed by atoms with Gasteiger partial charge in [-0.25, -0.2) is 4.68 Å². The van der Waals surface area contributed by atoms with Crippen molar-refractivity contribution in [1.82, 2.24) is 9.78 Å². The van der Waals surface area contributed by atoms with Crippen LogP contribution < -0.4 is 5.56 Å². The summed E-state index contributed by atoms with van der Waals surface area (Å²) < 4.78 is 2.18. The van der Waals surface area contributed by atoms with Crippen LogP contribution >= 0.6 is 22.6 Å². The molecule has 0 aliphatic carbocycles. The maximum atomic E-state index is 11.2. The molecule has 0 atom stereocenters. The Morgan fingerprint density at radius 2 is 2.50 bits per heavy atom. The van der Waals surface area contributed by atoms with E-state index in [2.05, 4.69) is 16.9 Å². The fourth-order valence-corrected chi connectivity index (χ4v) is 1.08. The molecule has 0 unspecified atom stereocenters. The molecule has 0 saturated carbocycles. The van der Waals surface area contributed by atoms with Gasteiger partial charge in [-0.3, -0.25) is 4.79 Å². The Balaban J connectivity index is 2.99. The number of nitrogens with zero attached hydrogens (tertiary/aromatic N) is 2. The zero-order chi connectivity index (χ0) is 8.97. The minimum atomic E-state index is -0.107. The molecule has 0 fully saturated rings. The molecular formula is C8H7IN2O. The highest BCUT2D eigenvalue weighted by atomic mass is 127. The van der Waals surface area contributed by atoms with E-state index in [-0.39, 0.29) is 5.56 Å². The molecule has 1 heterocycles. The van der Waals surface area contributed by atoms with Crippen LogP contribution in [0.3, 0.4) is 0 Å². The predicted octanol–water partition coefficient (Wildman–Crippen LogP) is 0.871. The zero-order valence-electron chi connectivity index (χ0n) is 6.54. The molecule has 0 N–H and O–H groups in total. The van der Waals surface area contributed by atoms with E-state index in [1.165, 1.54) is 10.7 Å². The van der Waals surface area contributed by atoms with Crippen molar-refractivity contribution < 1.29 is 0 Å². The van der Waals surface area contributed by atoms with Gasteiger partial charge in [0, 0.05) is 9.64 Å². The van der Waals surface area contributed by atoms with Gasteiger partial charge in [0.25, 0.3) is 5.56 Å². The van der Waals surface area contributed by atoms with Crippen molar-refractivity contribution in [3.05, 3.63) is 26.2 Å². The molecule has 3 nitrogen and oxygen atoms in total. The summed E-state index contributed by atoms with van der Waals surface area (Å²) in [6.45, 7) is 2.10. The third kappa shape index (κ3) is 2.34. The molecule has 12 heavy (non-hydrogen) atoms. The van der Waals surface area contributed by atoms with Crippen molar-refractivity contribution in [3.8, 4) is 11.8 Å². The van der Waals surface area contributed by atoms with E-state index in [9.17, 15) is 4.79 Å². The lowest BCUT2D eigenvalue weighted by Crippen LogP contribution is -2.21. The van der Waals surface area contributed by atoms with Crippen LogP contribution in [-0.4, -0.2) is 9.78 Å². The Morgan fingerprint density at radius 1 is 1.75 bits per heavy atom. The van der Waals surface area contributed by atoms with Gasteiger partial charge in [-0.2, -0.15) is 5.10 Å². The molecule has 62 valence electrons. The number of hydrogen-bond donors (Lipinski definition) is 0. The van der Waals surface area contributed by atoms with E-state index >= 15 is 0 Å². The van der Waals surface area contributed by atoms with E-state index < -0.39 is 0 Å². The van der Waals surface area contributed by atoms with Crippen LogP contribution in [-0.2, 0) is 6.54 Å². The van der Waals surface area contributed by atoms with Crippen LogP contribution in [0.2, 0.25) is 0 Å². The minimum Gasteiger partial charge on any atom is -0.268 e. The van der Waals surface area contributed by atoms with Gasteiger partial charge < -0.3 is 0 Å². The fraction of sp³-hybridized carbons (Fsp3) is 0.250. The summed E-state index contributed by atoms with van der Waals surface area (Å²) in [6, 6.07) is 1.53. The Morgan fingerprint density at radius 3 is 3.08 bits per heavy atom. The van der Waals surface area contributed by atoms with E-state index in [1.807, 2.05) is 22.6 Å². The molecule has 0 radical (unpaired) electrons.